The van der Waals surface area contributed by atoms with Gasteiger partial charge >= 0.3 is 0 Å². The second kappa shape index (κ2) is 7.22. The van der Waals surface area contributed by atoms with Crippen molar-refractivity contribution in [3.63, 3.8) is 0 Å². The average Bonchev–Trinajstić information content (AvgIpc) is 3.08. The summed E-state index contributed by atoms with van der Waals surface area (Å²) in [5.41, 5.74) is 0.931. The first kappa shape index (κ1) is 18.0. The number of hydrogen-bond donors (Lipinski definition) is 1. The Bertz CT molecular complexity index is 1030. The topological polar surface area (TPSA) is 94.3 Å². The van der Waals surface area contributed by atoms with Gasteiger partial charge in [0.05, 0.1) is 24.1 Å². The van der Waals surface area contributed by atoms with Gasteiger partial charge in [0.15, 0.2) is 0 Å². The Labute approximate surface area is 149 Å². The monoisotopic (exact) mass is 377 g/mol. The van der Waals surface area contributed by atoms with E-state index in [1.54, 1.807) is 18.2 Å². The van der Waals surface area contributed by atoms with Gasteiger partial charge in [0.2, 0.25) is 21.7 Å². The van der Waals surface area contributed by atoms with Gasteiger partial charge in [0.1, 0.15) is 11.6 Å². The minimum atomic E-state index is -3.84. The molecule has 0 radical (unpaired) electrons. The number of aromatic nitrogens is 2. The second-order valence-corrected chi connectivity index (χ2v) is 7.18. The van der Waals surface area contributed by atoms with Crippen LogP contribution in [0.2, 0.25) is 0 Å². The summed E-state index contributed by atoms with van der Waals surface area (Å²) in [4.78, 5) is 4.17. The Hall–Kier alpha value is -2.78. The zero-order chi connectivity index (χ0) is 18.7. The van der Waals surface area contributed by atoms with Gasteiger partial charge in [-0.25, -0.2) is 17.5 Å². The Morgan fingerprint density at radius 2 is 2.00 bits per heavy atom. The minimum Gasteiger partial charge on any atom is -0.496 e. The van der Waals surface area contributed by atoms with Crippen molar-refractivity contribution in [1.29, 1.82) is 0 Å². The van der Waals surface area contributed by atoms with E-state index in [-0.39, 0.29) is 23.2 Å². The minimum absolute atomic E-state index is 0.0108. The third kappa shape index (κ3) is 3.73. The molecule has 9 heteroatoms. The highest BCUT2D eigenvalue weighted by molar-refractivity contribution is 7.89. The molecule has 0 bridgehead atoms. The molecule has 0 amide bonds. The zero-order valence-corrected chi connectivity index (χ0v) is 14.9. The lowest BCUT2D eigenvalue weighted by Crippen LogP contribution is -2.24. The lowest BCUT2D eigenvalue weighted by Gasteiger charge is -2.07. The molecule has 0 saturated carbocycles. The first-order valence-corrected chi connectivity index (χ1v) is 9.11. The lowest BCUT2D eigenvalue weighted by molar-refractivity contribution is 0.375. The molecule has 1 heterocycles. The van der Waals surface area contributed by atoms with Crippen molar-refractivity contribution in [2.24, 2.45) is 0 Å². The smallest absolute Gasteiger partial charge is 0.242 e. The molecule has 0 aliphatic rings. The van der Waals surface area contributed by atoms with Gasteiger partial charge in [-0.05, 0) is 42.8 Å². The van der Waals surface area contributed by atoms with Crippen molar-refractivity contribution in [2.45, 2.75) is 18.4 Å². The first-order valence-electron chi connectivity index (χ1n) is 7.62. The number of para-hydroxylation sites is 1. The van der Waals surface area contributed by atoms with E-state index in [1.165, 1.54) is 20.1 Å². The predicted octanol–water partition coefficient (Wildman–Crippen LogP) is 2.67. The highest BCUT2D eigenvalue weighted by atomic mass is 32.2. The van der Waals surface area contributed by atoms with Crippen LogP contribution in [0, 0.1) is 12.7 Å². The molecule has 26 heavy (non-hydrogen) atoms. The van der Waals surface area contributed by atoms with Gasteiger partial charge in [-0.3, -0.25) is 0 Å². The summed E-state index contributed by atoms with van der Waals surface area (Å²) in [6.45, 7) is 1.32. The van der Waals surface area contributed by atoms with Crippen LogP contribution in [0.1, 0.15) is 11.5 Å². The van der Waals surface area contributed by atoms with Crippen LogP contribution >= 0.6 is 0 Å². The number of halogens is 1. The van der Waals surface area contributed by atoms with Crippen molar-refractivity contribution < 1.29 is 22.1 Å². The highest BCUT2D eigenvalue weighted by Crippen LogP contribution is 2.27. The number of rotatable bonds is 6. The maximum absolute atomic E-state index is 13.2. The summed E-state index contributed by atoms with van der Waals surface area (Å²) in [5, 5.41) is 3.85. The van der Waals surface area contributed by atoms with Crippen LogP contribution < -0.4 is 9.46 Å². The molecule has 3 aromatic rings. The van der Waals surface area contributed by atoms with Crippen molar-refractivity contribution in [2.75, 3.05) is 7.11 Å². The Morgan fingerprint density at radius 3 is 2.73 bits per heavy atom. The fourth-order valence-electron chi connectivity index (χ4n) is 2.41. The van der Waals surface area contributed by atoms with Crippen LogP contribution in [0.5, 0.6) is 5.75 Å². The lowest BCUT2D eigenvalue weighted by atomic mass is 10.2. The number of nitrogens with zero attached hydrogens (tertiary/aromatic N) is 2. The highest BCUT2D eigenvalue weighted by Gasteiger charge is 2.19. The number of aryl methyl sites for hydroxylation is 1. The quantitative estimate of drug-likeness (QED) is 0.710. The van der Waals surface area contributed by atoms with Crippen LogP contribution in [0.25, 0.3) is 11.4 Å². The largest absolute Gasteiger partial charge is 0.496 e. The van der Waals surface area contributed by atoms with E-state index in [4.69, 9.17) is 9.26 Å². The molecule has 0 aliphatic heterocycles. The summed E-state index contributed by atoms with van der Waals surface area (Å²) in [6, 6.07) is 10.6. The molecule has 0 fully saturated rings. The van der Waals surface area contributed by atoms with Crippen LogP contribution in [-0.4, -0.2) is 25.7 Å². The molecule has 0 unspecified atom stereocenters. The van der Waals surface area contributed by atoms with Crippen LogP contribution in [0.3, 0.4) is 0 Å². The molecule has 7 nitrogen and oxygen atoms in total. The number of nitrogens with one attached hydrogen (secondary N) is 1. The zero-order valence-electron chi connectivity index (χ0n) is 14.1. The van der Waals surface area contributed by atoms with E-state index < -0.39 is 15.8 Å². The summed E-state index contributed by atoms with van der Waals surface area (Å²) in [5.74, 6) is 0.450. The van der Waals surface area contributed by atoms with E-state index in [0.717, 1.165) is 12.1 Å². The molecule has 0 atom stereocenters. The van der Waals surface area contributed by atoms with E-state index in [0.29, 0.717) is 16.9 Å². The average molecular weight is 377 g/mol. The third-order valence-corrected chi connectivity index (χ3v) is 5.22. The summed E-state index contributed by atoms with van der Waals surface area (Å²) >= 11 is 0. The maximum Gasteiger partial charge on any atom is 0.242 e. The molecular formula is C17H16FN3O4S. The molecule has 1 N–H and O–H groups in total. The van der Waals surface area contributed by atoms with Crippen LogP contribution in [0.15, 0.2) is 51.9 Å². The number of hydrogen-bond acceptors (Lipinski definition) is 6. The second-order valence-electron chi connectivity index (χ2n) is 5.45. The Morgan fingerprint density at radius 1 is 1.23 bits per heavy atom. The SMILES string of the molecule is COc1ccccc1-c1noc(CNS(=O)(=O)c2ccc(F)cc2C)n1. The standard InChI is InChI=1S/C17H16FN3O4S/c1-11-9-12(18)7-8-15(11)26(22,23)19-10-16-20-17(21-25-16)13-5-3-4-6-14(13)24-2/h3-9,19H,10H2,1-2H3. The third-order valence-electron chi connectivity index (χ3n) is 3.66. The van der Waals surface area contributed by atoms with E-state index in [9.17, 15) is 12.8 Å². The summed E-state index contributed by atoms with van der Waals surface area (Å²) in [7, 11) is -2.32. The molecular weight excluding hydrogens is 361 g/mol. The number of ether oxygens (including phenoxy) is 1. The van der Waals surface area contributed by atoms with E-state index >= 15 is 0 Å². The van der Waals surface area contributed by atoms with Gasteiger partial charge < -0.3 is 9.26 Å². The van der Waals surface area contributed by atoms with Gasteiger partial charge in [-0.15, -0.1) is 0 Å². The first-order chi connectivity index (χ1) is 12.4. The fourth-order valence-corrected chi connectivity index (χ4v) is 3.61. The summed E-state index contributed by atoms with van der Waals surface area (Å²) < 4.78 is 50.6. The van der Waals surface area contributed by atoms with Crippen molar-refractivity contribution in [3.8, 4) is 17.1 Å². The van der Waals surface area contributed by atoms with Crippen LogP contribution in [-0.2, 0) is 16.6 Å². The van der Waals surface area contributed by atoms with Crippen molar-refractivity contribution in [3.05, 3.63) is 59.7 Å². The van der Waals surface area contributed by atoms with Gasteiger partial charge in [-0.1, -0.05) is 17.3 Å². The van der Waals surface area contributed by atoms with Crippen molar-refractivity contribution >= 4 is 10.0 Å². The molecule has 3 rings (SSSR count). The predicted molar refractivity (Wildman–Crippen MR) is 91.4 cm³/mol. The normalized spacial score (nSPS) is 11.5. The fraction of sp³-hybridized carbons (Fsp3) is 0.176. The van der Waals surface area contributed by atoms with Gasteiger partial charge in [0.25, 0.3) is 0 Å². The maximum atomic E-state index is 13.2. The van der Waals surface area contributed by atoms with Crippen LogP contribution in [0.4, 0.5) is 4.39 Å². The van der Waals surface area contributed by atoms with Gasteiger partial charge in [0, 0.05) is 0 Å². The Kier molecular flexibility index (Phi) is 5.01. The number of sulfonamides is 1. The van der Waals surface area contributed by atoms with E-state index in [1.807, 2.05) is 6.07 Å². The molecule has 0 saturated heterocycles. The summed E-state index contributed by atoms with van der Waals surface area (Å²) in [6.07, 6.45) is 0. The molecule has 1 aromatic heterocycles. The number of methoxy groups -OCH3 is 1. The van der Waals surface area contributed by atoms with Crippen molar-refractivity contribution in [1.82, 2.24) is 14.9 Å². The molecule has 136 valence electrons. The molecule has 0 spiro atoms. The van der Waals surface area contributed by atoms with E-state index in [2.05, 4.69) is 14.9 Å². The number of benzene rings is 2. The van der Waals surface area contributed by atoms with Gasteiger partial charge in [-0.2, -0.15) is 4.98 Å². The molecule has 0 aliphatic carbocycles. The molecule has 2 aromatic carbocycles. The Balaban J connectivity index is 1.77.